The van der Waals surface area contributed by atoms with Crippen molar-refractivity contribution in [3.05, 3.63) is 24.3 Å². The molecule has 136 valence electrons. The summed E-state index contributed by atoms with van der Waals surface area (Å²) in [5.41, 5.74) is 0.751. The average molecular weight is 363 g/mol. The molecule has 0 N–H and O–H groups in total. The number of para-hydroxylation sites is 1. The molecule has 1 amide bonds. The molecule has 2 rings (SSSR count). The zero-order valence-corrected chi connectivity index (χ0v) is 16.2. The predicted octanol–water partition coefficient (Wildman–Crippen LogP) is 3.87. The third-order valence-electron chi connectivity index (χ3n) is 3.54. The van der Waals surface area contributed by atoms with Crippen LogP contribution in [0.3, 0.4) is 0 Å². The van der Waals surface area contributed by atoms with Crippen LogP contribution >= 0.6 is 11.8 Å². The smallest absolute Gasteiger partial charge is 0.277 e. The highest BCUT2D eigenvalue weighted by molar-refractivity contribution is 7.99. The third kappa shape index (κ3) is 4.98. The summed E-state index contributed by atoms with van der Waals surface area (Å²) in [6.07, 6.45) is 0. The topological polar surface area (TPSA) is 68.5 Å². The Morgan fingerprint density at radius 3 is 2.52 bits per heavy atom. The van der Waals surface area contributed by atoms with Gasteiger partial charge in [0.25, 0.3) is 11.1 Å². The summed E-state index contributed by atoms with van der Waals surface area (Å²) in [6, 6.07) is 7.83. The molecule has 0 radical (unpaired) electrons. The summed E-state index contributed by atoms with van der Waals surface area (Å²) in [4.78, 5) is 14.3. The fourth-order valence-electron chi connectivity index (χ4n) is 2.67. The number of hydrogen-bond acceptors (Lipinski definition) is 6. The highest BCUT2D eigenvalue weighted by atomic mass is 32.2. The molecule has 0 unspecified atom stereocenters. The van der Waals surface area contributed by atoms with Gasteiger partial charge in [-0.2, -0.15) is 0 Å². The van der Waals surface area contributed by atoms with Crippen molar-refractivity contribution >= 4 is 17.7 Å². The van der Waals surface area contributed by atoms with Gasteiger partial charge in [0, 0.05) is 12.1 Å². The summed E-state index contributed by atoms with van der Waals surface area (Å²) in [5, 5.41) is 8.49. The molecule has 0 saturated carbocycles. The number of ether oxygens (including phenoxy) is 1. The van der Waals surface area contributed by atoms with Crippen LogP contribution in [-0.2, 0) is 4.79 Å². The van der Waals surface area contributed by atoms with Gasteiger partial charge in [-0.15, -0.1) is 10.2 Å². The molecule has 1 heterocycles. The second kappa shape index (κ2) is 8.89. The van der Waals surface area contributed by atoms with Crippen LogP contribution in [0.5, 0.6) is 5.75 Å². The Bertz CT molecular complexity index is 692. The number of rotatable bonds is 8. The van der Waals surface area contributed by atoms with Crippen LogP contribution in [0.4, 0.5) is 0 Å². The Hall–Kier alpha value is -2.02. The Labute approximate surface area is 152 Å². The maximum Gasteiger partial charge on any atom is 0.277 e. The van der Waals surface area contributed by atoms with Crippen molar-refractivity contribution in [3.8, 4) is 17.2 Å². The lowest BCUT2D eigenvalue weighted by molar-refractivity contribution is -0.131. The number of benzene rings is 1. The summed E-state index contributed by atoms with van der Waals surface area (Å²) >= 11 is 1.25. The van der Waals surface area contributed by atoms with Crippen molar-refractivity contribution in [1.82, 2.24) is 15.1 Å². The number of amides is 1. The van der Waals surface area contributed by atoms with Gasteiger partial charge in [-0.05, 0) is 46.8 Å². The van der Waals surface area contributed by atoms with E-state index in [4.69, 9.17) is 9.15 Å². The molecule has 0 saturated heterocycles. The summed E-state index contributed by atoms with van der Waals surface area (Å²) in [7, 11) is 0. The molecular formula is C18H25N3O3S. The van der Waals surface area contributed by atoms with Crippen LogP contribution in [0.25, 0.3) is 11.5 Å². The predicted molar refractivity (Wildman–Crippen MR) is 98.7 cm³/mol. The number of nitrogens with zero attached hydrogens (tertiary/aromatic N) is 3. The van der Waals surface area contributed by atoms with Gasteiger partial charge < -0.3 is 14.1 Å². The first-order valence-electron chi connectivity index (χ1n) is 8.43. The lowest BCUT2D eigenvalue weighted by Crippen LogP contribution is -2.43. The Balaban J connectivity index is 2.06. The molecule has 1 aromatic carbocycles. The van der Waals surface area contributed by atoms with Gasteiger partial charge in [-0.25, -0.2) is 0 Å². The zero-order valence-electron chi connectivity index (χ0n) is 15.4. The van der Waals surface area contributed by atoms with E-state index in [1.54, 1.807) is 0 Å². The van der Waals surface area contributed by atoms with Crippen molar-refractivity contribution in [2.45, 2.75) is 51.9 Å². The molecule has 0 aliphatic carbocycles. The van der Waals surface area contributed by atoms with Crippen molar-refractivity contribution in [2.24, 2.45) is 0 Å². The highest BCUT2D eigenvalue weighted by Crippen LogP contribution is 2.30. The molecule has 0 bridgehead atoms. The number of thioether (sulfide) groups is 1. The van der Waals surface area contributed by atoms with Crippen LogP contribution in [0.1, 0.15) is 34.6 Å². The second-order valence-corrected chi connectivity index (χ2v) is 7.01. The minimum atomic E-state index is 0.0597. The van der Waals surface area contributed by atoms with E-state index in [0.29, 0.717) is 23.5 Å². The van der Waals surface area contributed by atoms with Crippen LogP contribution < -0.4 is 4.74 Å². The van der Waals surface area contributed by atoms with Gasteiger partial charge in [0.15, 0.2) is 0 Å². The van der Waals surface area contributed by atoms with Gasteiger partial charge in [0.05, 0.1) is 17.9 Å². The van der Waals surface area contributed by atoms with E-state index in [9.17, 15) is 4.79 Å². The second-order valence-electron chi connectivity index (χ2n) is 6.08. The molecule has 0 atom stereocenters. The largest absolute Gasteiger partial charge is 0.493 e. The normalized spacial score (nSPS) is 11.2. The average Bonchev–Trinajstić information content (AvgIpc) is 3.02. The molecule has 2 aromatic rings. The standard InChI is InChI=1S/C18H25N3O3S/c1-6-23-15-10-8-7-9-14(15)17-19-20-18(24-17)25-11-16(22)21(12(2)3)13(4)5/h7-10,12-13H,6,11H2,1-5H3. The maximum absolute atomic E-state index is 12.4. The summed E-state index contributed by atoms with van der Waals surface area (Å²) in [5.74, 6) is 1.42. The number of aromatic nitrogens is 2. The van der Waals surface area contributed by atoms with Gasteiger partial charge in [-0.3, -0.25) is 4.79 Å². The SMILES string of the molecule is CCOc1ccccc1-c1nnc(SCC(=O)N(C(C)C)C(C)C)o1. The molecule has 6 nitrogen and oxygen atoms in total. The Morgan fingerprint density at radius 1 is 1.20 bits per heavy atom. The quantitative estimate of drug-likeness (QED) is 0.663. The number of hydrogen-bond donors (Lipinski definition) is 0. The molecule has 0 aliphatic heterocycles. The van der Waals surface area contributed by atoms with Crippen molar-refractivity contribution in [2.75, 3.05) is 12.4 Å². The third-order valence-corrected chi connectivity index (χ3v) is 4.35. The van der Waals surface area contributed by atoms with E-state index in [-0.39, 0.29) is 23.7 Å². The molecule has 0 spiro atoms. The first kappa shape index (κ1) is 19.3. The van der Waals surface area contributed by atoms with Crippen LogP contribution in [0.15, 0.2) is 33.9 Å². The van der Waals surface area contributed by atoms with Crippen LogP contribution in [-0.4, -0.2) is 45.4 Å². The summed E-state index contributed by atoms with van der Waals surface area (Å²) in [6.45, 7) is 10.5. The summed E-state index contributed by atoms with van der Waals surface area (Å²) < 4.78 is 11.3. The minimum absolute atomic E-state index is 0.0597. The number of carbonyl (C=O) groups is 1. The monoisotopic (exact) mass is 363 g/mol. The highest BCUT2D eigenvalue weighted by Gasteiger charge is 2.21. The van der Waals surface area contributed by atoms with Crippen LogP contribution in [0.2, 0.25) is 0 Å². The molecule has 0 fully saturated rings. The molecule has 1 aromatic heterocycles. The van der Waals surface area contributed by atoms with E-state index in [2.05, 4.69) is 10.2 Å². The molecule has 7 heteroatoms. The lowest BCUT2D eigenvalue weighted by Gasteiger charge is -2.30. The molecule has 25 heavy (non-hydrogen) atoms. The van der Waals surface area contributed by atoms with Gasteiger partial charge in [0.2, 0.25) is 5.91 Å². The Morgan fingerprint density at radius 2 is 1.88 bits per heavy atom. The fraction of sp³-hybridized carbons (Fsp3) is 0.500. The molecular weight excluding hydrogens is 338 g/mol. The van der Waals surface area contributed by atoms with Crippen molar-refractivity contribution < 1.29 is 13.9 Å². The van der Waals surface area contributed by atoms with Crippen LogP contribution in [0, 0.1) is 0 Å². The minimum Gasteiger partial charge on any atom is -0.493 e. The first-order chi connectivity index (χ1) is 11.9. The van der Waals surface area contributed by atoms with Crippen molar-refractivity contribution in [1.29, 1.82) is 0 Å². The van der Waals surface area contributed by atoms with E-state index < -0.39 is 0 Å². The van der Waals surface area contributed by atoms with Crippen molar-refractivity contribution in [3.63, 3.8) is 0 Å². The first-order valence-corrected chi connectivity index (χ1v) is 9.42. The molecule has 0 aliphatic rings. The fourth-order valence-corrected chi connectivity index (χ4v) is 3.30. The van der Waals surface area contributed by atoms with Gasteiger partial charge in [-0.1, -0.05) is 23.9 Å². The zero-order chi connectivity index (χ0) is 18.4. The Kier molecular flexibility index (Phi) is 6.87. The van der Waals surface area contributed by atoms with Gasteiger partial charge >= 0.3 is 0 Å². The lowest BCUT2D eigenvalue weighted by atomic mass is 10.2. The van der Waals surface area contributed by atoms with Gasteiger partial charge in [0.1, 0.15) is 5.75 Å². The van der Waals surface area contributed by atoms with E-state index in [0.717, 1.165) is 5.56 Å². The van der Waals surface area contributed by atoms with E-state index in [1.807, 2.05) is 63.8 Å². The maximum atomic E-state index is 12.4. The van der Waals surface area contributed by atoms with E-state index in [1.165, 1.54) is 11.8 Å². The van der Waals surface area contributed by atoms with E-state index >= 15 is 0 Å². The number of carbonyl (C=O) groups excluding carboxylic acids is 1.